The molecule has 4 heteroatoms. The van der Waals surface area contributed by atoms with Crippen molar-refractivity contribution in [1.29, 1.82) is 0 Å². The first-order valence-corrected chi connectivity index (χ1v) is 9.27. The highest BCUT2D eigenvalue weighted by Crippen LogP contribution is 2.43. The lowest BCUT2D eigenvalue weighted by Crippen LogP contribution is -2.55. The van der Waals surface area contributed by atoms with Crippen molar-refractivity contribution >= 4 is 14.1 Å². The van der Waals surface area contributed by atoms with Crippen molar-refractivity contribution in [1.82, 2.24) is 0 Å². The number of ketones is 1. The van der Waals surface area contributed by atoms with Crippen molar-refractivity contribution in [3.8, 4) is 0 Å². The lowest BCUT2D eigenvalue weighted by atomic mass is 9.86. The van der Waals surface area contributed by atoms with E-state index < -0.39 is 14.1 Å². The first-order valence-electron chi connectivity index (χ1n) is 5.86. The van der Waals surface area contributed by atoms with Crippen molar-refractivity contribution in [2.24, 2.45) is 11.8 Å². The van der Waals surface area contributed by atoms with E-state index in [4.69, 9.17) is 9.16 Å². The minimum absolute atomic E-state index is 0.0490. The molecule has 3 nitrogen and oxygen atoms in total. The molecular formula is C12H20O3Si. The molecule has 2 bridgehead atoms. The van der Waals surface area contributed by atoms with Crippen LogP contribution in [-0.2, 0) is 14.0 Å². The van der Waals surface area contributed by atoms with Crippen LogP contribution in [0.25, 0.3) is 0 Å². The van der Waals surface area contributed by atoms with Gasteiger partial charge in [0.1, 0.15) is 5.78 Å². The van der Waals surface area contributed by atoms with Gasteiger partial charge in [0.25, 0.3) is 0 Å². The molecule has 90 valence electrons. The van der Waals surface area contributed by atoms with Crippen LogP contribution in [-0.4, -0.2) is 26.0 Å². The Morgan fingerprint density at radius 3 is 2.56 bits per heavy atom. The number of carbonyl (C=O) groups excluding carboxylic acids is 1. The summed E-state index contributed by atoms with van der Waals surface area (Å²) in [7, 11) is -1.73. The molecule has 0 amide bonds. The van der Waals surface area contributed by atoms with Gasteiger partial charge in [-0.2, -0.15) is 0 Å². The Morgan fingerprint density at radius 2 is 2.00 bits per heavy atom. The van der Waals surface area contributed by atoms with Gasteiger partial charge >= 0.3 is 0 Å². The van der Waals surface area contributed by atoms with Crippen molar-refractivity contribution in [3.63, 3.8) is 0 Å². The van der Waals surface area contributed by atoms with Gasteiger partial charge in [0.15, 0.2) is 14.1 Å². The first kappa shape index (κ1) is 12.0. The van der Waals surface area contributed by atoms with Crippen molar-refractivity contribution in [3.05, 3.63) is 12.2 Å². The van der Waals surface area contributed by atoms with Gasteiger partial charge in [-0.3, -0.25) is 4.79 Å². The van der Waals surface area contributed by atoms with Crippen LogP contribution in [0, 0.1) is 11.8 Å². The van der Waals surface area contributed by atoms with Gasteiger partial charge in [-0.25, -0.2) is 0 Å². The van der Waals surface area contributed by atoms with E-state index in [9.17, 15) is 4.79 Å². The maximum absolute atomic E-state index is 12.1. The molecule has 1 saturated heterocycles. The van der Waals surface area contributed by atoms with Gasteiger partial charge in [-0.15, -0.1) is 0 Å². The third-order valence-electron chi connectivity index (χ3n) is 3.28. The highest BCUT2D eigenvalue weighted by Gasteiger charge is 2.54. The van der Waals surface area contributed by atoms with Crippen LogP contribution in [0.15, 0.2) is 12.2 Å². The van der Waals surface area contributed by atoms with Crippen molar-refractivity contribution in [2.75, 3.05) is 0 Å². The summed E-state index contributed by atoms with van der Waals surface area (Å²) in [4.78, 5) is 12.1. The maximum Gasteiger partial charge on any atom is 0.189 e. The Bertz CT molecular complexity index is 345. The number of hydrogen-bond acceptors (Lipinski definition) is 3. The third-order valence-corrected chi connectivity index (χ3v) is 4.21. The number of carbonyl (C=O) groups is 1. The zero-order chi connectivity index (χ0) is 12.1. The Hall–Kier alpha value is -0.453. The maximum atomic E-state index is 12.1. The van der Waals surface area contributed by atoms with Gasteiger partial charge in [0.2, 0.25) is 0 Å². The molecule has 16 heavy (non-hydrogen) atoms. The molecular weight excluding hydrogens is 220 g/mol. The van der Waals surface area contributed by atoms with Crippen LogP contribution in [0.4, 0.5) is 0 Å². The number of Topliss-reactive ketones (excluding diaryl/α,β-unsaturated/α-hetero) is 1. The van der Waals surface area contributed by atoms with Crippen molar-refractivity contribution < 1.29 is 14.0 Å². The van der Waals surface area contributed by atoms with Crippen LogP contribution >= 0.6 is 0 Å². The molecule has 2 heterocycles. The van der Waals surface area contributed by atoms with Crippen LogP contribution in [0.2, 0.25) is 19.6 Å². The third kappa shape index (κ3) is 1.79. The minimum atomic E-state index is -1.73. The molecule has 0 unspecified atom stereocenters. The number of hydrogen-bond donors (Lipinski definition) is 0. The Balaban J connectivity index is 2.29. The largest absolute Gasteiger partial charge is 0.387 e. The zero-order valence-corrected chi connectivity index (χ0v) is 11.6. The smallest absolute Gasteiger partial charge is 0.189 e. The molecule has 4 atom stereocenters. The summed E-state index contributed by atoms with van der Waals surface area (Å²) in [6.07, 6.45) is 3.83. The summed E-state index contributed by atoms with van der Waals surface area (Å²) in [5, 5.41) is 0. The van der Waals surface area contributed by atoms with E-state index in [2.05, 4.69) is 19.6 Å². The quantitative estimate of drug-likeness (QED) is 0.549. The second-order valence-corrected chi connectivity index (χ2v) is 10.2. The second-order valence-electron chi connectivity index (χ2n) is 5.79. The summed E-state index contributed by atoms with van der Waals surface area (Å²) in [5.74, 6) is -0.783. The summed E-state index contributed by atoms with van der Waals surface area (Å²) in [5.41, 5.74) is 0. The SMILES string of the molecule is C[C@@H]1C(=O)[C@H](C)[C@]2(O[Si](C)(C)C)C=C[C@H]1O2. The first-order chi connectivity index (χ1) is 7.25. The zero-order valence-electron chi connectivity index (χ0n) is 10.6. The fourth-order valence-electron chi connectivity index (χ4n) is 2.41. The normalized spacial score (nSPS) is 42.8. The highest BCUT2D eigenvalue weighted by molar-refractivity contribution is 6.69. The van der Waals surface area contributed by atoms with Crippen LogP contribution < -0.4 is 0 Å². The fourth-order valence-corrected chi connectivity index (χ4v) is 3.66. The second kappa shape index (κ2) is 3.52. The summed E-state index contributed by atoms with van der Waals surface area (Å²) >= 11 is 0. The summed E-state index contributed by atoms with van der Waals surface area (Å²) < 4.78 is 12.0. The summed E-state index contributed by atoms with van der Waals surface area (Å²) in [6.45, 7) is 10.2. The highest BCUT2D eigenvalue weighted by atomic mass is 28.4. The molecule has 0 aromatic carbocycles. The van der Waals surface area contributed by atoms with E-state index in [0.717, 1.165) is 0 Å². The lowest BCUT2D eigenvalue weighted by molar-refractivity contribution is -0.218. The standard InChI is InChI=1S/C12H20O3Si/c1-8-10-6-7-12(14-10,9(2)11(8)13)15-16(3,4)5/h6-10H,1-5H3/t8-,9-,10+,12+/m0/s1. The van der Waals surface area contributed by atoms with E-state index in [0.29, 0.717) is 0 Å². The van der Waals surface area contributed by atoms with E-state index in [1.807, 2.05) is 26.0 Å². The number of fused-ring (bicyclic) bond motifs is 2. The summed E-state index contributed by atoms with van der Waals surface area (Å²) in [6, 6.07) is 0. The van der Waals surface area contributed by atoms with E-state index in [-0.39, 0.29) is 23.7 Å². The molecule has 1 fully saturated rings. The van der Waals surface area contributed by atoms with Gasteiger partial charge < -0.3 is 9.16 Å². The average molecular weight is 240 g/mol. The molecule has 0 radical (unpaired) electrons. The molecule has 0 spiro atoms. The topological polar surface area (TPSA) is 35.5 Å². The van der Waals surface area contributed by atoms with E-state index in [1.54, 1.807) is 0 Å². The Kier molecular flexibility index (Phi) is 2.64. The molecule has 0 aromatic rings. The number of ether oxygens (including phenoxy) is 1. The molecule has 0 N–H and O–H groups in total. The fraction of sp³-hybridized carbons (Fsp3) is 0.750. The predicted octanol–water partition coefficient (Wildman–Crippen LogP) is 2.34. The van der Waals surface area contributed by atoms with Crippen molar-refractivity contribution in [2.45, 2.75) is 45.4 Å². The molecule has 2 aliphatic heterocycles. The molecule has 0 saturated carbocycles. The predicted molar refractivity (Wildman–Crippen MR) is 64.5 cm³/mol. The van der Waals surface area contributed by atoms with Crippen LogP contribution in [0.5, 0.6) is 0 Å². The van der Waals surface area contributed by atoms with Gasteiger partial charge in [0, 0.05) is 5.92 Å². The molecule has 0 aliphatic carbocycles. The van der Waals surface area contributed by atoms with E-state index >= 15 is 0 Å². The monoisotopic (exact) mass is 240 g/mol. The van der Waals surface area contributed by atoms with Gasteiger partial charge in [0.05, 0.1) is 12.0 Å². The Morgan fingerprint density at radius 1 is 1.38 bits per heavy atom. The molecule has 2 rings (SSSR count). The van der Waals surface area contributed by atoms with Crippen LogP contribution in [0.3, 0.4) is 0 Å². The molecule has 2 aliphatic rings. The van der Waals surface area contributed by atoms with Gasteiger partial charge in [-0.05, 0) is 32.6 Å². The van der Waals surface area contributed by atoms with Crippen LogP contribution in [0.1, 0.15) is 13.8 Å². The van der Waals surface area contributed by atoms with E-state index in [1.165, 1.54) is 0 Å². The minimum Gasteiger partial charge on any atom is -0.387 e. The molecule has 0 aromatic heterocycles. The Labute approximate surface area is 97.9 Å². The number of rotatable bonds is 2. The van der Waals surface area contributed by atoms with Gasteiger partial charge in [-0.1, -0.05) is 13.0 Å². The lowest BCUT2D eigenvalue weighted by Gasteiger charge is -2.43. The average Bonchev–Trinajstić information content (AvgIpc) is 2.53.